The van der Waals surface area contributed by atoms with Crippen molar-refractivity contribution < 1.29 is 9.59 Å². The van der Waals surface area contributed by atoms with Gasteiger partial charge in [-0.25, -0.2) is 4.79 Å². The van der Waals surface area contributed by atoms with Crippen LogP contribution in [0.4, 0.5) is 4.79 Å². The van der Waals surface area contributed by atoms with E-state index in [0.29, 0.717) is 25.6 Å². The summed E-state index contributed by atoms with van der Waals surface area (Å²) in [4.78, 5) is 29.2. The maximum atomic E-state index is 11.9. The number of rotatable bonds is 6. The van der Waals surface area contributed by atoms with Crippen LogP contribution in [0.3, 0.4) is 0 Å². The van der Waals surface area contributed by atoms with E-state index in [-0.39, 0.29) is 17.9 Å². The number of para-hydroxylation sites is 1. The zero-order valence-electron chi connectivity index (χ0n) is 14.3. The molecule has 1 atom stereocenters. The molecule has 0 bridgehead atoms. The maximum absolute atomic E-state index is 11.9. The number of likely N-dealkylation sites (tertiary alicyclic amines) is 1. The fraction of sp³-hybridized carbons (Fsp3) is 0.474. The van der Waals surface area contributed by atoms with Gasteiger partial charge in [0.25, 0.3) is 0 Å². The minimum atomic E-state index is -0.159. The number of carbonyl (C=O) groups is 2. The van der Waals surface area contributed by atoms with Crippen LogP contribution < -0.4 is 10.6 Å². The number of hydrogen-bond donors (Lipinski definition) is 3. The summed E-state index contributed by atoms with van der Waals surface area (Å²) in [5, 5.41) is 6.98. The summed E-state index contributed by atoms with van der Waals surface area (Å²) in [5.41, 5.74) is 2.23. The van der Waals surface area contributed by atoms with Gasteiger partial charge >= 0.3 is 6.03 Å². The molecule has 1 aliphatic heterocycles. The van der Waals surface area contributed by atoms with E-state index < -0.39 is 0 Å². The van der Waals surface area contributed by atoms with Crippen LogP contribution in [-0.2, 0) is 11.2 Å². The first-order valence-electron chi connectivity index (χ1n) is 9.07. The Kier molecular flexibility index (Phi) is 4.34. The zero-order valence-corrected chi connectivity index (χ0v) is 14.3. The van der Waals surface area contributed by atoms with Crippen LogP contribution in [0.5, 0.6) is 0 Å². The number of fused-ring (bicyclic) bond motifs is 1. The minimum Gasteiger partial charge on any atom is -0.358 e. The van der Waals surface area contributed by atoms with Crippen LogP contribution in [0.15, 0.2) is 30.3 Å². The minimum absolute atomic E-state index is 0.159. The summed E-state index contributed by atoms with van der Waals surface area (Å²) < 4.78 is 0. The van der Waals surface area contributed by atoms with Crippen LogP contribution in [-0.4, -0.2) is 47.5 Å². The van der Waals surface area contributed by atoms with E-state index >= 15 is 0 Å². The van der Waals surface area contributed by atoms with Crippen molar-refractivity contribution in [3.8, 4) is 0 Å². The number of amides is 3. The summed E-state index contributed by atoms with van der Waals surface area (Å²) in [6.45, 7) is 1.93. The second-order valence-electron chi connectivity index (χ2n) is 7.12. The average molecular weight is 340 g/mol. The molecule has 2 fully saturated rings. The van der Waals surface area contributed by atoms with Crippen LogP contribution in [0.2, 0.25) is 0 Å². The second kappa shape index (κ2) is 6.78. The van der Waals surface area contributed by atoms with E-state index in [4.69, 9.17) is 0 Å². The highest BCUT2D eigenvalue weighted by atomic mass is 16.2. The van der Waals surface area contributed by atoms with E-state index in [2.05, 4.69) is 27.8 Å². The molecule has 4 rings (SSSR count). The van der Waals surface area contributed by atoms with Crippen molar-refractivity contribution >= 4 is 22.8 Å². The van der Waals surface area contributed by atoms with Gasteiger partial charge < -0.3 is 20.5 Å². The Morgan fingerprint density at radius 2 is 2.08 bits per heavy atom. The van der Waals surface area contributed by atoms with Crippen LogP contribution in [0, 0.1) is 5.92 Å². The van der Waals surface area contributed by atoms with E-state index in [1.165, 1.54) is 5.39 Å². The number of aromatic nitrogens is 1. The number of hydrogen-bond acceptors (Lipinski definition) is 2. The number of aromatic amines is 1. The van der Waals surface area contributed by atoms with Gasteiger partial charge in [-0.2, -0.15) is 0 Å². The lowest BCUT2D eigenvalue weighted by molar-refractivity contribution is -0.128. The predicted molar refractivity (Wildman–Crippen MR) is 96.2 cm³/mol. The summed E-state index contributed by atoms with van der Waals surface area (Å²) in [6.07, 6.45) is 3.60. The average Bonchev–Trinajstić information content (AvgIpc) is 3.25. The Morgan fingerprint density at radius 1 is 1.24 bits per heavy atom. The normalized spacial score (nSPS) is 20.2. The third-order valence-electron chi connectivity index (χ3n) is 5.04. The standard InChI is InChI=1S/C19H24N4O2/c24-18-9-13(12-23(18)16-5-6-16)11-21-19(25)20-8-7-15-10-14-3-1-2-4-17(14)22-15/h1-4,10,13,16,22H,5-9,11-12H2,(H2,20,21,25)/t13-/m1/s1. The van der Waals surface area contributed by atoms with Gasteiger partial charge in [0.2, 0.25) is 5.91 Å². The molecule has 2 aliphatic rings. The van der Waals surface area contributed by atoms with Gasteiger partial charge in [0, 0.05) is 55.6 Å². The monoisotopic (exact) mass is 340 g/mol. The molecule has 1 saturated carbocycles. The molecule has 132 valence electrons. The van der Waals surface area contributed by atoms with Crippen LogP contribution in [0.25, 0.3) is 10.9 Å². The molecule has 0 radical (unpaired) electrons. The number of urea groups is 1. The molecule has 3 N–H and O–H groups in total. The highest BCUT2D eigenvalue weighted by Crippen LogP contribution is 2.32. The zero-order chi connectivity index (χ0) is 17.2. The Labute approximate surface area is 147 Å². The molecule has 2 aromatic rings. The SMILES string of the molecule is O=C(NCCc1cc2ccccc2[nH]1)NC[C@H]1CC(=O)N(C2CC2)C1. The third-order valence-corrected chi connectivity index (χ3v) is 5.04. The van der Waals surface area contributed by atoms with Crippen molar-refractivity contribution in [3.05, 3.63) is 36.0 Å². The molecule has 6 heteroatoms. The lowest BCUT2D eigenvalue weighted by atomic mass is 10.1. The third kappa shape index (κ3) is 3.78. The number of benzene rings is 1. The molecule has 25 heavy (non-hydrogen) atoms. The lowest BCUT2D eigenvalue weighted by Gasteiger charge is -2.15. The Balaban J connectivity index is 1.17. The molecular formula is C19H24N4O2. The topological polar surface area (TPSA) is 77.2 Å². The Morgan fingerprint density at radius 3 is 2.88 bits per heavy atom. The second-order valence-corrected chi connectivity index (χ2v) is 7.12. The first-order chi connectivity index (χ1) is 12.2. The van der Waals surface area contributed by atoms with Crippen molar-refractivity contribution in [1.29, 1.82) is 0 Å². The number of nitrogens with zero attached hydrogens (tertiary/aromatic N) is 1. The van der Waals surface area contributed by atoms with Crippen LogP contribution >= 0.6 is 0 Å². The van der Waals surface area contributed by atoms with Crippen molar-refractivity contribution in [2.24, 2.45) is 5.92 Å². The smallest absolute Gasteiger partial charge is 0.314 e. The molecule has 0 spiro atoms. The van der Waals surface area contributed by atoms with Gasteiger partial charge in [-0.1, -0.05) is 18.2 Å². The Hall–Kier alpha value is -2.50. The summed E-state index contributed by atoms with van der Waals surface area (Å²) in [6, 6.07) is 10.6. The summed E-state index contributed by atoms with van der Waals surface area (Å²) >= 11 is 0. The quantitative estimate of drug-likeness (QED) is 0.752. The van der Waals surface area contributed by atoms with Gasteiger partial charge in [-0.05, 0) is 30.4 Å². The van der Waals surface area contributed by atoms with Gasteiger partial charge in [-0.15, -0.1) is 0 Å². The maximum Gasteiger partial charge on any atom is 0.314 e. The predicted octanol–water partition coefficient (Wildman–Crippen LogP) is 2.02. The van der Waals surface area contributed by atoms with Gasteiger partial charge in [-0.3, -0.25) is 4.79 Å². The molecule has 1 aliphatic carbocycles. The van der Waals surface area contributed by atoms with Crippen molar-refractivity contribution in [1.82, 2.24) is 20.5 Å². The molecule has 1 aromatic carbocycles. The Bertz CT molecular complexity index is 748. The molecule has 3 amide bonds. The highest BCUT2D eigenvalue weighted by molar-refractivity contribution is 5.80. The van der Waals surface area contributed by atoms with E-state index in [9.17, 15) is 9.59 Å². The summed E-state index contributed by atoms with van der Waals surface area (Å²) in [7, 11) is 0. The molecular weight excluding hydrogens is 316 g/mol. The van der Waals surface area contributed by atoms with Crippen molar-refractivity contribution in [2.75, 3.05) is 19.6 Å². The van der Waals surface area contributed by atoms with E-state index in [0.717, 1.165) is 37.0 Å². The number of H-pyrrole nitrogens is 1. The van der Waals surface area contributed by atoms with Gasteiger partial charge in [0.1, 0.15) is 0 Å². The number of nitrogens with one attached hydrogen (secondary N) is 3. The lowest BCUT2D eigenvalue weighted by Crippen LogP contribution is -2.39. The molecule has 6 nitrogen and oxygen atoms in total. The molecule has 2 heterocycles. The van der Waals surface area contributed by atoms with Gasteiger partial charge in [0.05, 0.1) is 0 Å². The first kappa shape index (κ1) is 16.0. The first-order valence-corrected chi connectivity index (χ1v) is 9.07. The molecule has 1 aromatic heterocycles. The van der Waals surface area contributed by atoms with E-state index in [1.54, 1.807) is 0 Å². The molecule has 1 saturated heterocycles. The summed E-state index contributed by atoms with van der Waals surface area (Å²) in [5.74, 6) is 0.487. The van der Waals surface area contributed by atoms with Crippen LogP contribution in [0.1, 0.15) is 25.0 Å². The number of carbonyl (C=O) groups excluding carboxylic acids is 2. The highest BCUT2D eigenvalue weighted by Gasteiger charge is 2.39. The fourth-order valence-corrected chi connectivity index (χ4v) is 3.56. The van der Waals surface area contributed by atoms with Gasteiger partial charge in [0.15, 0.2) is 0 Å². The fourth-order valence-electron chi connectivity index (χ4n) is 3.56. The molecule has 0 unspecified atom stereocenters. The van der Waals surface area contributed by atoms with E-state index in [1.807, 2.05) is 23.1 Å². The largest absolute Gasteiger partial charge is 0.358 e. The van der Waals surface area contributed by atoms with Crippen molar-refractivity contribution in [2.45, 2.75) is 31.7 Å². The van der Waals surface area contributed by atoms with Crippen molar-refractivity contribution in [3.63, 3.8) is 0 Å².